The summed E-state index contributed by atoms with van der Waals surface area (Å²) in [6.07, 6.45) is 1.00. The largest absolute Gasteiger partial charge is 0.384 e. The van der Waals surface area contributed by atoms with Crippen molar-refractivity contribution in [1.82, 2.24) is 5.32 Å². The molecule has 1 aromatic rings. The van der Waals surface area contributed by atoms with Gasteiger partial charge in [-0.05, 0) is 24.6 Å². The monoisotopic (exact) mass is 259 g/mol. The summed E-state index contributed by atoms with van der Waals surface area (Å²) >= 11 is 0. The first kappa shape index (κ1) is 13.6. The zero-order chi connectivity index (χ0) is 13.5. The van der Waals surface area contributed by atoms with Gasteiger partial charge in [0.05, 0.1) is 6.61 Å². The molecule has 1 unspecified atom stereocenters. The predicted molar refractivity (Wildman–Crippen MR) is 71.7 cm³/mol. The highest BCUT2D eigenvalue weighted by Gasteiger charge is 2.16. The van der Waals surface area contributed by atoms with Crippen molar-refractivity contribution in [2.24, 2.45) is 5.92 Å². The maximum Gasteiger partial charge on any atom is 0.251 e. The second kappa shape index (κ2) is 6.93. The molecular formula is C15H17NO3. The van der Waals surface area contributed by atoms with Crippen LogP contribution in [0.4, 0.5) is 0 Å². The molecule has 1 aliphatic rings. The third-order valence-corrected chi connectivity index (χ3v) is 3.01. The second-order valence-corrected chi connectivity index (χ2v) is 4.48. The van der Waals surface area contributed by atoms with Crippen molar-refractivity contribution in [2.75, 3.05) is 26.4 Å². The van der Waals surface area contributed by atoms with E-state index in [1.165, 1.54) is 0 Å². The fraction of sp³-hybridized carbons (Fsp3) is 0.400. The zero-order valence-corrected chi connectivity index (χ0v) is 10.7. The highest BCUT2D eigenvalue weighted by Crippen LogP contribution is 2.11. The number of carbonyl (C=O) groups is 1. The van der Waals surface area contributed by atoms with E-state index >= 15 is 0 Å². The molecule has 1 amide bonds. The van der Waals surface area contributed by atoms with Gasteiger partial charge in [-0.3, -0.25) is 4.79 Å². The number of carbonyl (C=O) groups excluding carboxylic acids is 1. The number of ether oxygens (including phenoxy) is 1. The number of amides is 1. The summed E-state index contributed by atoms with van der Waals surface area (Å²) in [7, 11) is 0. The number of aliphatic hydroxyl groups is 1. The molecule has 0 bridgehead atoms. The summed E-state index contributed by atoms with van der Waals surface area (Å²) in [6.45, 7) is 1.97. The first-order valence-electron chi connectivity index (χ1n) is 6.35. The quantitative estimate of drug-likeness (QED) is 0.789. The predicted octanol–water partition coefficient (Wildman–Crippen LogP) is 0.797. The molecular weight excluding hydrogens is 242 g/mol. The highest BCUT2D eigenvalue weighted by molar-refractivity contribution is 5.94. The van der Waals surface area contributed by atoms with E-state index in [4.69, 9.17) is 9.84 Å². The second-order valence-electron chi connectivity index (χ2n) is 4.48. The van der Waals surface area contributed by atoms with E-state index < -0.39 is 0 Å². The van der Waals surface area contributed by atoms with Gasteiger partial charge in [0.2, 0.25) is 0 Å². The number of hydrogen-bond donors (Lipinski definition) is 2. The molecule has 1 fully saturated rings. The molecule has 1 heterocycles. The maximum atomic E-state index is 12.0. The van der Waals surface area contributed by atoms with Crippen molar-refractivity contribution < 1.29 is 14.6 Å². The molecule has 19 heavy (non-hydrogen) atoms. The van der Waals surface area contributed by atoms with Crippen molar-refractivity contribution in [3.8, 4) is 11.8 Å². The van der Waals surface area contributed by atoms with Crippen LogP contribution in [0.1, 0.15) is 22.3 Å². The Hall–Kier alpha value is -1.83. The van der Waals surface area contributed by atoms with Crippen molar-refractivity contribution in [3.63, 3.8) is 0 Å². The van der Waals surface area contributed by atoms with Gasteiger partial charge in [0.1, 0.15) is 6.61 Å². The maximum absolute atomic E-state index is 12.0. The lowest BCUT2D eigenvalue weighted by Crippen LogP contribution is -2.29. The smallest absolute Gasteiger partial charge is 0.251 e. The molecule has 0 aromatic heterocycles. The molecule has 4 nitrogen and oxygen atoms in total. The van der Waals surface area contributed by atoms with Crippen LogP contribution in [0.15, 0.2) is 24.3 Å². The van der Waals surface area contributed by atoms with Crippen LogP contribution in [0.3, 0.4) is 0 Å². The third kappa shape index (κ3) is 4.09. The van der Waals surface area contributed by atoms with Gasteiger partial charge in [0.25, 0.3) is 5.91 Å². The number of nitrogens with one attached hydrogen (secondary N) is 1. The Labute approximate surface area is 112 Å². The summed E-state index contributed by atoms with van der Waals surface area (Å²) in [6, 6.07) is 7.08. The van der Waals surface area contributed by atoms with Gasteiger partial charge in [-0.25, -0.2) is 0 Å². The summed E-state index contributed by atoms with van der Waals surface area (Å²) < 4.78 is 5.27. The number of rotatable bonds is 3. The van der Waals surface area contributed by atoms with Crippen LogP contribution in [0.2, 0.25) is 0 Å². The summed E-state index contributed by atoms with van der Waals surface area (Å²) in [5.74, 6) is 5.67. The van der Waals surface area contributed by atoms with Gasteiger partial charge < -0.3 is 15.2 Å². The molecule has 1 aromatic carbocycles. The van der Waals surface area contributed by atoms with Crippen LogP contribution in [-0.2, 0) is 4.74 Å². The van der Waals surface area contributed by atoms with E-state index in [1.807, 2.05) is 6.07 Å². The average molecular weight is 259 g/mol. The first-order valence-corrected chi connectivity index (χ1v) is 6.35. The van der Waals surface area contributed by atoms with Crippen LogP contribution < -0.4 is 5.32 Å². The van der Waals surface area contributed by atoms with E-state index in [2.05, 4.69) is 17.2 Å². The molecule has 0 spiro atoms. The molecule has 0 saturated carbocycles. The Bertz CT molecular complexity index is 496. The van der Waals surface area contributed by atoms with Crippen LogP contribution in [0.5, 0.6) is 0 Å². The lowest BCUT2D eigenvalue weighted by Gasteiger charge is -2.09. The summed E-state index contributed by atoms with van der Waals surface area (Å²) in [4.78, 5) is 12.0. The SMILES string of the molecule is O=C(NCC1CCOC1)c1cccc(C#CCO)c1. The average Bonchev–Trinajstić information content (AvgIpc) is 2.96. The van der Waals surface area contributed by atoms with Gasteiger partial charge in [0.15, 0.2) is 0 Å². The molecule has 2 N–H and O–H groups in total. The van der Waals surface area contributed by atoms with E-state index in [1.54, 1.807) is 18.2 Å². The Morgan fingerprint density at radius 2 is 2.42 bits per heavy atom. The molecule has 1 aliphatic heterocycles. The standard InChI is InChI=1S/C15H17NO3/c17-7-2-4-12-3-1-5-14(9-12)15(18)16-10-13-6-8-19-11-13/h1,3,5,9,13,17H,6-8,10-11H2,(H,16,18). The Balaban J connectivity index is 1.94. The number of benzene rings is 1. The molecule has 0 radical (unpaired) electrons. The molecule has 4 heteroatoms. The molecule has 1 saturated heterocycles. The van der Waals surface area contributed by atoms with E-state index in [9.17, 15) is 4.79 Å². The van der Waals surface area contributed by atoms with Gasteiger partial charge >= 0.3 is 0 Å². The summed E-state index contributed by atoms with van der Waals surface area (Å²) in [5.41, 5.74) is 1.31. The highest BCUT2D eigenvalue weighted by atomic mass is 16.5. The molecule has 0 aliphatic carbocycles. The van der Waals surface area contributed by atoms with E-state index in [-0.39, 0.29) is 12.5 Å². The Kier molecular flexibility index (Phi) is 4.96. The minimum Gasteiger partial charge on any atom is -0.384 e. The summed E-state index contributed by atoms with van der Waals surface area (Å²) in [5, 5.41) is 11.6. The van der Waals surface area contributed by atoms with Gasteiger partial charge in [-0.1, -0.05) is 17.9 Å². The van der Waals surface area contributed by atoms with Gasteiger partial charge in [0, 0.05) is 30.2 Å². The van der Waals surface area contributed by atoms with Gasteiger partial charge in [-0.15, -0.1) is 0 Å². The Morgan fingerprint density at radius 3 is 3.16 bits per heavy atom. The minimum atomic E-state index is -0.182. The molecule has 100 valence electrons. The molecule has 1 atom stereocenters. The van der Waals surface area contributed by atoms with Crippen LogP contribution in [-0.4, -0.2) is 37.4 Å². The first-order chi connectivity index (χ1) is 9.29. The fourth-order valence-electron chi connectivity index (χ4n) is 1.96. The minimum absolute atomic E-state index is 0.0976. The van der Waals surface area contributed by atoms with Crippen molar-refractivity contribution in [1.29, 1.82) is 0 Å². The number of hydrogen-bond acceptors (Lipinski definition) is 3. The topological polar surface area (TPSA) is 58.6 Å². The van der Waals surface area contributed by atoms with E-state index in [0.717, 1.165) is 25.2 Å². The fourth-order valence-corrected chi connectivity index (χ4v) is 1.96. The lowest BCUT2D eigenvalue weighted by molar-refractivity contribution is 0.0945. The lowest BCUT2D eigenvalue weighted by atomic mass is 10.1. The van der Waals surface area contributed by atoms with Crippen molar-refractivity contribution in [2.45, 2.75) is 6.42 Å². The van der Waals surface area contributed by atoms with Crippen LogP contribution >= 0.6 is 0 Å². The third-order valence-electron chi connectivity index (χ3n) is 3.01. The van der Waals surface area contributed by atoms with Crippen LogP contribution in [0, 0.1) is 17.8 Å². The normalized spacial score (nSPS) is 17.6. The Morgan fingerprint density at radius 1 is 1.53 bits per heavy atom. The zero-order valence-electron chi connectivity index (χ0n) is 10.7. The van der Waals surface area contributed by atoms with Crippen molar-refractivity contribution >= 4 is 5.91 Å². The van der Waals surface area contributed by atoms with Crippen LogP contribution in [0.25, 0.3) is 0 Å². The van der Waals surface area contributed by atoms with E-state index in [0.29, 0.717) is 18.0 Å². The molecule has 2 rings (SSSR count). The number of aliphatic hydroxyl groups excluding tert-OH is 1. The van der Waals surface area contributed by atoms with Crippen molar-refractivity contribution in [3.05, 3.63) is 35.4 Å². The van der Waals surface area contributed by atoms with Gasteiger partial charge in [-0.2, -0.15) is 0 Å².